The van der Waals surface area contributed by atoms with Crippen LogP contribution in [-0.2, 0) is 16.6 Å². The molecule has 0 aromatic heterocycles. The van der Waals surface area contributed by atoms with E-state index in [9.17, 15) is 12.8 Å². The van der Waals surface area contributed by atoms with Crippen LogP contribution in [0.1, 0.15) is 37.7 Å². The molecule has 1 N–H and O–H groups in total. The molecule has 0 heterocycles. The van der Waals surface area contributed by atoms with Gasteiger partial charge in [0, 0.05) is 16.6 Å². The molecule has 2 rings (SSSR count). The molecule has 0 bridgehead atoms. The number of halogens is 2. The van der Waals surface area contributed by atoms with Gasteiger partial charge in [0.25, 0.3) is 0 Å². The van der Waals surface area contributed by atoms with Crippen molar-refractivity contribution in [2.45, 2.75) is 38.6 Å². The van der Waals surface area contributed by atoms with Gasteiger partial charge in [-0.05, 0) is 37.0 Å². The predicted molar refractivity (Wildman–Crippen MR) is 81.3 cm³/mol. The quantitative estimate of drug-likeness (QED) is 0.868. The monoisotopic (exact) mass is 363 g/mol. The molecule has 0 unspecified atom stereocenters. The maximum Gasteiger partial charge on any atom is 0.212 e. The highest BCUT2D eigenvalue weighted by Gasteiger charge is 2.21. The van der Waals surface area contributed by atoms with Gasteiger partial charge in [0.05, 0.1) is 5.75 Å². The highest BCUT2D eigenvalue weighted by atomic mass is 79.9. The fourth-order valence-electron chi connectivity index (χ4n) is 2.59. The van der Waals surface area contributed by atoms with E-state index in [2.05, 4.69) is 20.7 Å². The van der Waals surface area contributed by atoms with Crippen molar-refractivity contribution in [2.24, 2.45) is 5.92 Å². The summed E-state index contributed by atoms with van der Waals surface area (Å²) in [4.78, 5) is 0. The number of hydrogen-bond donors (Lipinski definition) is 1. The third-order valence-electron chi connectivity index (χ3n) is 3.67. The van der Waals surface area contributed by atoms with Crippen molar-refractivity contribution in [2.75, 3.05) is 5.75 Å². The second-order valence-corrected chi connectivity index (χ2v) is 8.11. The zero-order valence-electron chi connectivity index (χ0n) is 11.2. The maximum absolute atomic E-state index is 13.5. The van der Waals surface area contributed by atoms with Gasteiger partial charge in [-0.1, -0.05) is 35.2 Å². The van der Waals surface area contributed by atoms with Gasteiger partial charge in [-0.25, -0.2) is 17.5 Å². The van der Waals surface area contributed by atoms with E-state index >= 15 is 0 Å². The standard InChI is InChI=1S/C14H19BrFNO2S/c15-13-6-7-14(16)12(8-13)9-17-20(18,19)10-11-4-2-1-3-5-11/h6-8,11,17H,1-5,9-10H2. The van der Waals surface area contributed by atoms with Gasteiger partial charge in [-0.3, -0.25) is 0 Å². The first-order valence-electron chi connectivity index (χ1n) is 6.87. The van der Waals surface area contributed by atoms with Gasteiger partial charge in [0.15, 0.2) is 0 Å². The summed E-state index contributed by atoms with van der Waals surface area (Å²) in [6, 6.07) is 4.52. The molecule has 1 aliphatic rings. The molecule has 0 saturated heterocycles. The molecular formula is C14H19BrFNO2S. The lowest BCUT2D eigenvalue weighted by atomic mass is 9.91. The molecule has 0 atom stereocenters. The van der Waals surface area contributed by atoms with E-state index in [1.165, 1.54) is 12.5 Å². The minimum absolute atomic E-state index is 0.000324. The van der Waals surface area contributed by atoms with Crippen molar-refractivity contribution in [3.63, 3.8) is 0 Å². The summed E-state index contributed by atoms with van der Waals surface area (Å²) >= 11 is 3.25. The molecular weight excluding hydrogens is 345 g/mol. The Morgan fingerprint density at radius 2 is 1.95 bits per heavy atom. The lowest BCUT2D eigenvalue weighted by Gasteiger charge is -2.21. The topological polar surface area (TPSA) is 46.2 Å². The normalized spacial score (nSPS) is 17.3. The van der Waals surface area contributed by atoms with Crippen molar-refractivity contribution in [1.29, 1.82) is 0 Å². The van der Waals surface area contributed by atoms with Gasteiger partial charge in [0.2, 0.25) is 10.0 Å². The van der Waals surface area contributed by atoms with Gasteiger partial charge in [-0.15, -0.1) is 0 Å². The Balaban J connectivity index is 1.92. The average Bonchev–Trinajstić information content (AvgIpc) is 2.40. The molecule has 0 spiro atoms. The minimum Gasteiger partial charge on any atom is -0.212 e. The largest absolute Gasteiger partial charge is 0.212 e. The third kappa shape index (κ3) is 4.82. The molecule has 0 radical (unpaired) electrons. The number of sulfonamides is 1. The zero-order valence-corrected chi connectivity index (χ0v) is 13.6. The van der Waals surface area contributed by atoms with E-state index in [0.717, 1.165) is 30.2 Å². The third-order valence-corrected chi connectivity index (χ3v) is 5.66. The zero-order chi connectivity index (χ0) is 14.6. The van der Waals surface area contributed by atoms with Crippen molar-refractivity contribution in [1.82, 2.24) is 4.72 Å². The Morgan fingerprint density at radius 3 is 2.65 bits per heavy atom. The summed E-state index contributed by atoms with van der Waals surface area (Å²) in [5.41, 5.74) is 0.353. The Kier molecular flexibility index (Phi) is 5.57. The number of hydrogen-bond acceptors (Lipinski definition) is 2. The van der Waals surface area contributed by atoms with E-state index in [-0.39, 0.29) is 18.2 Å². The second-order valence-electron chi connectivity index (χ2n) is 5.34. The van der Waals surface area contributed by atoms with Gasteiger partial charge in [-0.2, -0.15) is 0 Å². The van der Waals surface area contributed by atoms with Crippen LogP contribution in [-0.4, -0.2) is 14.2 Å². The summed E-state index contributed by atoms with van der Waals surface area (Å²) in [5, 5.41) is 0. The van der Waals surface area contributed by atoms with Crippen molar-refractivity contribution in [3.8, 4) is 0 Å². The molecule has 1 fully saturated rings. The SMILES string of the molecule is O=S(=O)(CC1CCCCC1)NCc1cc(Br)ccc1F. The molecule has 3 nitrogen and oxygen atoms in total. The fourth-order valence-corrected chi connectivity index (χ4v) is 4.45. The van der Waals surface area contributed by atoms with E-state index in [1.807, 2.05) is 0 Å². The number of nitrogens with one attached hydrogen (secondary N) is 1. The van der Waals surface area contributed by atoms with Gasteiger partial charge < -0.3 is 0 Å². The van der Waals surface area contributed by atoms with Crippen molar-refractivity contribution < 1.29 is 12.8 Å². The summed E-state index contributed by atoms with van der Waals surface area (Å²) in [5.74, 6) is 0.00461. The van der Waals surface area contributed by atoms with Gasteiger partial charge >= 0.3 is 0 Å². The Bertz CT molecular complexity index is 556. The summed E-state index contributed by atoms with van der Waals surface area (Å²) in [7, 11) is -3.34. The molecule has 0 amide bonds. The lowest BCUT2D eigenvalue weighted by Crippen LogP contribution is -2.30. The first-order chi connectivity index (χ1) is 9.46. The molecule has 1 aromatic carbocycles. The fraction of sp³-hybridized carbons (Fsp3) is 0.571. The Labute approximate surface area is 128 Å². The minimum atomic E-state index is -3.34. The maximum atomic E-state index is 13.5. The summed E-state index contributed by atoms with van der Waals surface area (Å²) in [6.07, 6.45) is 5.38. The molecule has 6 heteroatoms. The van der Waals surface area contributed by atoms with Crippen LogP contribution in [0, 0.1) is 11.7 Å². The first kappa shape index (κ1) is 15.9. The van der Waals surface area contributed by atoms with Crippen LogP contribution in [0.2, 0.25) is 0 Å². The van der Waals surface area contributed by atoms with Crippen LogP contribution < -0.4 is 4.72 Å². The number of rotatable bonds is 5. The van der Waals surface area contributed by atoms with Crippen LogP contribution in [0.15, 0.2) is 22.7 Å². The van der Waals surface area contributed by atoms with E-state index in [0.29, 0.717) is 5.56 Å². The first-order valence-corrected chi connectivity index (χ1v) is 9.32. The van der Waals surface area contributed by atoms with Crippen molar-refractivity contribution in [3.05, 3.63) is 34.1 Å². The molecule has 1 aromatic rings. The lowest BCUT2D eigenvalue weighted by molar-refractivity contribution is 0.384. The Morgan fingerprint density at radius 1 is 1.25 bits per heavy atom. The Hall–Kier alpha value is -0.460. The van der Waals surface area contributed by atoms with E-state index in [1.54, 1.807) is 12.1 Å². The van der Waals surface area contributed by atoms with E-state index in [4.69, 9.17) is 0 Å². The van der Waals surface area contributed by atoms with E-state index < -0.39 is 15.8 Å². The van der Waals surface area contributed by atoms with Crippen LogP contribution in [0.25, 0.3) is 0 Å². The van der Waals surface area contributed by atoms with Gasteiger partial charge in [0.1, 0.15) is 5.82 Å². The molecule has 112 valence electrons. The smallest absolute Gasteiger partial charge is 0.212 e. The summed E-state index contributed by atoms with van der Waals surface area (Å²) < 4.78 is 40.8. The van der Waals surface area contributed by atoms with Crippen LogP contribution in [0.3, 0.4) is 0 Å². The van der Waals surface area contributed by atoms with Crippen molar-refractivity contribution >= 4 is 26.0 Å². The second kappa shape index (κ2) is 7.00. The average molecular weight is 364 g/mol. The highest BCUT2D eigenvalue weighted by Crippen LogP contribution is 2.24. The summed E-state index contributed by atoms with van der Waals surface area (Å²) in [6.45, 7) is 0.000324. The van der Waals surface area contributed by atoms with Crippen LogP contribution >= 0.6 is 15.9 Å². The highest BCUT2D eigenvalue weighted by molar-refractivity contribution is 9.10. The molecule has 0 aliphatic heterocycles. The predicted octanol–water partition coefficient (Wildman–Crippen LogP) is 3.59. The molecule has 1 saturated carbocycles. The molecule has 20 heavy (non-hydrogen) atoms. The molecule has 1 aliphatic carbocycles. The van der Waals surface area contributed by atoms with Crippen LogP contribution in [0.4, 0.5) is 4.39 Å². The van der Waals surface area contributed by atoms with Crippen LogP contribution in [0.5, 0.6) is 0 Å². The number of benzene rings is 1.